The molecule has 0 unspecified atom stereocenters. The molecule has 0 atom stereocenters. The monoisotopic (exact) mass is 232 g/mol. The lowest BCUT2D eigenvalue weighted by Crippen LogP contribution is -1.97. The molecule has 1 N–H and O–H groups in total. The molecule has 2 nitrogen and oxygen atoms in total. The molecule has 1 heterocycles. The average molecular weight is 233 g/mol. The lowest BCUT2D eigenvalue weighted by atomic mass is 10.2. The van der Waals surface area contributed by atoms with Crippen molar-refractivity contribution in [3.8, 4) is 0 Å². The molecule has 0 radical (unpaired) electrons. The molecule has 2 rings (SSSR count). The van der Waals surface area contributed by atoms with E-state index in [0.717, 1.165) is 22.8 Å². The fourth-order valence-electron chi connectivity index (χ4n) is 1.47. The van der Waals surface area contributed by atoms with Crippen molar-refractivity contribution in [1.82, 2.24) is 4.98 Å². The maximum Gasteiger partial charge on any atom is 0.130 e. The second-order valence-electron chi connectivity index (χ2n) is 3.57. The number of anilines is 2. The van der Waals surface area contributed by atoms with Crippen LogP contribution in [0.25, 0.3) is 0 Å². The second kappa shape index (κ2) is 4.99. The SMILES string of the molecule is Cc1nc(Nc2ccccc2)ccc1CCl. The zero-order valence-electron chi connectivity index (χ0n) is 9.07. The van der Waals surface area contributed by atoms with E-state index in [1.165, 1.54) is 0 Å². The molecule has 3 heteroatoms. The first kappa shape index (κ1) is 11.0. The maximum absolute atomic E-state index is 5.78. The summed E-state index contributed by atoms with van der Waals surface area (Å²) in [6, 6.07) is 13.9. The summed E-state index contributed by atoms with van der Waals surface area (Å²) < 4.78 is 0. The van der Waals surface area contributed by atoms with Crippen LogP contribution in [0.5, 0.6) is 0 Å². The Labute approximate surface area is 100 Å². The lowest BCUT2D eigenvalue weighted by molar-refractivity contribution is 1.14. The van der Waals surface area contributed by atoms with Gasteiger partial charge in [0.05, 0.1) is 0 Å². The minimum Gasteiger partial charge on any atom is -0.340 e. The van der Waals surface area contributed by atoms with Crippen LogP contribution in [0.3, 0.4) is 0 Å². The van der Waals surface area contributed by atoms with Gasteiger partial charge in [0.25, 0.3) is 0 Å². The normalized spacial score (nSPS) is 10.1. The van der Waals surface area contributed by atoms with Gasteiger partial charge in [0.1, 0.15) is 5.82 Å². The van der Waals surface area contributed by atoms with Gasteiger partial charge in [-0.15, -0.1) is 11.6 Å². The van der Waals surface area contributed by atoms with Gasteiger partial charge in [0, 0.05) is 17.3 Å². The molecule has 0 aliphatic rings. The quantitative estimate of drug-likeness (QED) is 0.813. The van der Waals surface area contributed by atoms with Gasteiger partial charge in [0.15, 0.2) is 0 Å². The van der Waals surface area contributed by atoms with Gasteiger partial charge in [-0.3, -0.25) is 0 Å². The molecular formula is C13H13ClN2. The molecule has 0 fully saturated rings. The van der Waals surface area contributed by atoms with Crippen molar-refractivity contribution in [3.05, 3.63) is 53.7 Å². The number of hydrogen-bond acceptors (Lipinski definition) is 2. The molecule has 0 saturated heterocycles. The van der Waals surface area contributed by atoms with Crippen LogP contribution >= 0.6 is 11.6 Å². The Morgan fingerprint density at radius 2 is 1.88 bits per heavy atom. The zero-order chi connectivity index (χ0) is 11.4. The first-order chi connectivity index (χ1) is 7.79. The number of alkyl halides is 1. The van der Waals surface area contributed by atoms with Crippen LogP contribution in [0, 0.1) is 6.92 Å². The summed E-state index contributed by atoms with van der Waals surface area (Å²) in [5, 5.41) is 3.24. The maximum atomic E-state index is 5.78. The fourth-order valence-corrected chi connectivity index (χ4v) is 1.75. The molecule has 1 aromatic carbocycles. The van der Waals surface area contributed by atoms with Crippen LogP contribution in [0.4, 0.5) is 11.5 Å². The van der Waals surface area contributed by atoms with E-state index in [-0.39, 0.29) is 0 Å². The van der Waals surface area contributed by atoms with Gasteiger partial charge in [-0.05, 0) is 30.7 Å². The summed E-state index contributed by atoms with van der Waals surface area (Å²) in [5.41, 5.74) is 3.07. The Balaban J connectivity index is 2.20. The largest absolute Gasteiger partial charge is 0.340 e. The fraction of sp³-hybridized carbons (Fsp3) is 0.154. The van der Waals surface area contributed by atoms with E-state index in [1.54, 1.807) is 0 Å². The predicted octanol–water partition coefficient (Wildman–Crippen LogP) is 3.87. The molecule has 0 amide bonds. The highest BCUT2D eigenvalue weighted by Gasteiger charge is 2.00. The number of benzene rings is 1. The third kappa shape index (κ3) is 2.52. The van der Waals surface area contributed by atoms with Crippen molar-refractivity contribution in [2.75, 3.05) is 5.32 Å². The third-order valence-electron chi connectivity index (χ3n) is 2.39. The number of pyridine rings is 1. The van der Waals surface area contributed by atoms with Crippen molar-refractivity contribution < 1.29 is 0 Å². The number of aryl methyl sites for hydroxylation is 1. The molecule has 0 saturated carbocycles. The van der Waals surface area contributed by atoms with Crippen LogP contribution < -0.4 is 5.32 Å². The number of aromatic nitrogens is 1. The van der Waals surface area contributed by atoms with Crippen molar-refractivity contribution in [2.45, 2.75) is 12.8 Å². The van der Waals surface area contributed by atoms with Crippen LogP contribution in [0.1, 0.15) is 11.3 Å². The van der Waals surface area contributed by atoms with E-state index in [2.05, 4.69) is 10.3 Å². The van der Waals surface area contributed by atoms with E-state index in [0.29, 0.717) is 5.88 Å². The molecule has 0 aliphatic carbocycles. The molecular weight excluding hydrogens is 220 g/mol. The molecule has 0 spiro atoms. The minimum atomic E-state index is 0.504. The van der Waals surface area contributed by atoms with Crippen LogP contribution in [-0.2, 0) is 5.88 Å². The molecule has 16 heavy (non-hydrogen) atoms. The topological polar surface area (TPSA) is 24.9 Å². The highest BCUT2D eigenvalue weighted by atomic mass is 35.5. The Hall–Kier alpha value is -1.54. The van der Waals surface area contributed by atoms with E-state index < -0.39 is 0 Å². The summed E-state index contributed by atoms with van der Waals surface area (Å²) in [5.74, 6) is 1.35. The minimum absolute atomic E-state index is 0.504. The van der Waals surface area contributed by atoms with Crippen molar-refractivity contribution >= 4 is 23.1 Å². The molecule has 0 aliphatic heterocycles. The predicted molar refractivity (Wildman–Crippen MR) is 68.3 cm³/mol. The molecule has 2 aromatic rings. The summed E-state index contributed by atoms with van der Waals surface area (Å²) in [4.78, 5) is 4.44. The van der Waals surface area contributed by atoms with Gasteiger partial charge >= 0.3 is 0 Å². The van der Waals surface area contributed by atoms with E-state index in [9.17, 15) is 0 Å². The Morgan fingerprint density at radius 1 is 1.12 bits per heavy atom. The average Bonchev–Trinajstić information content (AvgIpc) is 2.31. The van der Waals surface area contributed by atoms with Gasteiger partial charge < -0.3 is 5.32 Å². The summed E-state index contributed by atoms with van der Waals surface area (Å²) in [7, 11) is 0. The van der Waals surface area contributed by atoms with Crippen molar-refractivity contribution in [3.63, 3.8) is 0 Å². The van der Waals surface area contributed by atoms with Gasteiger partial charge in [0.2, 0.25) is 0 Å². The van der Waals surface area contributed by atoms with Gasteiger partial charge in [-0.25, -0.2) is 4.98 Å². The standard InChI is InChI=1S/C13H13ClN2/c1-10-11(9-14)7-8-13(15-10)16-12-5-3-2-4-6-12/h2-8H,9H2,1H3,(H,15,16). The van der Waals surface area contributed by atoms with E-state index >= 15 is 0 Å². The number of nitrogens with zero attached hydrogens (tertiary/aromatic N) is 1. The first-order valence-corrected chi connectivity index (χ1v) is 5.67. The molecule has 82 valence electrons. The second-order valence-corrected chi connectivity index (χ2v) is 3.83. The van der Waals surface area contributed by atoms with Crippen LogP contribution in [0.2, 0.25) is 0 Å². The smallest absolute Gasteiger partial charge is 0.130 e. The summed E-state index contributed by atoms with van der Waals surface area (Å²) in [6.07, 6.45) is 0. The van der Waals surface area contributed by atoms with Gasteiger partial charge in [-0.1, -0.05) is 24.3 Å². The van der Waals surface area contributed by atoms with E-state index in [1.807, 2.05) is 49.4 Å². The first-order valence-electron chi connectivity index (χ1n) is 5.14. The number of nitrogens with one attached hydrogen (secondary N) is 1. The molecule has 1 aromatic heterocycles. The lowest BCUT2D eigenvalue weighted by Gasteiger charge is -2.07. The molecule has 0 bridgehead atoms. The van der Waals surface area contributed by atoms with Crippen LogP contribution in [0.15, 0.2) is 42.5 Å². The number of rotatable bonds is 3. The zero-order valence-corrected chi connectivity index (χ0v) is 9.83. The Kier molecular flexibility index (Phi) is 3.42. The van der Waals surface area contributed by atoms with Gasteiger partial charge in [-0.2, -0.15) is 0 Å². The van der Waals surface area contributed by atoms with E-state index in [4.69, 9.17) is 11.6 Å². The Bertz CT molecular complexity index is 469. The van der Waals surface area contributed by atoms with Crippen molar-refractivity contribution in [1.29, 1.82) is 0 Å². The summed E-state index contributed by atoms with van der Waals surface area (Å²) in [6.45, 7) is 1.97. The van der Waals surface area contributed by atoms with Crippen LogP contribution in [-0.4, -0.2) is 4.98 Å². The third-order valence-corrected chi connectivity index (χ3v) is 2.67. The summed E-state index contributed by atoms with van der Waals surface area (Å²) >= 11 is 5.78. The number of halogens is 1. The highest BCUT2D eigenvalue weighted by Crippen LogP contribution is 2.16. The van der Waals surface area contributed by atoms with Crippen molar-refractivity contribution in [2.24, 2.45) is 0 Å². The Morgan fingerprint density at radius 3 is 2.50 bits per heavy atom. The number of para-hydroxylation sites is 1. The highest BCUT2D eigenvalue weighted by molar-refractivity contribution is 6.17. The number of hydrogen-bond donors (Lipinski definition) is 1.